The van der Waals surface area contributed by atoms with Crippen LogP contribution in [0.15, 0.2) is 109 Å². The fourth-order valence-electron chi connectivity index (χ4n) is 5.43. The summed E-state index contributed by atoms with van der Waals surface area (Å²) in [5.41, 5.74) is 14.4. The van der Waals surface area contributed by atoms with Crippen LogP contribution >= 0.6 is 0 Å². The first kappa shape index (κ1) is 40.6. The molecule has 5 aromatic carbocycles. The Hall–Kier alpha value is -2.61. The van der Waals surface area contributed by atoms with Gasteiger partial charge in [0.15, 0.2) is 0 Å². The average Bonchev–Trinajstić information content (AvgIpc) is 3.60. The van der Waals surface area contributed by atoms with Gasteiger partial charge in [0.1, 0.15) is 0 Å². The Morgan fingerprint density at radius 2 is 1.13 bits per heavy atom. The van der Waals surface area contributed by atoms with Gasteiger partial charge in [-0.3, -0.25) is 0 Å². The van der Waals surface area contributed by atoms with Crippen molar-refractivity contribution in [3.05, 3.63) is 160 Å². The van der Waals surface area contributed by atoms with Crippen LogP contribution in [0.3, 0.4) is 0 Å². The third-order valence-corrected chi connectivity index (χ3v) is 9.27. The Kier molecular flexibility index (Phi) is 14.4. The molecule has 1 aliphatic carbocycles. The molecule has 0 N–H and O–H groups in total. The molecule has 5 aromatic rings. The second-order valence-electron chi connectivity index (χ2n) is 15.3. The van der Waals surface area contributed by atoms with E-state index in [1.54, 1.807) is 0 Å². The van der Waals surface area contributed by atoms with Gasteiger partial charge in [-0.1, -0.05) is 98.4 Å². The van der Waals surface area contributed by atoms with E-state index in [9.17, 15) is 0 Å². The van der Waals surface area contributed by atoms with E-state index in [0.717, 1.165) is 6.42 Å². The molecule has 0 unspecified atom stereocenters. The number of benzene rings is 4. The number of halogens is 2. The van der Waals surface area contributed by atoms with Crippen LogP contribution in [-0.2, 0) is 42.6 Å². The van der Waals surface area contributed by atoms with Crippen LogP contribution < -0.4 is 24.8 Å². The number of fused-ring (bicyclic) bond motifs is 3. The number of hydrogen-bond donors (Lipinski definition) is 0. The normalized spacial score (nSPS) is 11.7. The van der Waals surface area contributed by atoms with Crippen molar-refractivity contribution in [3.8, 4) is 11.1 Å². The second-order valence-corrected chi connectivity index (χ2v) is 16.1. The molecular weight excluding hydrogens is 647 g/mol. The Bertz CT molecular complexity index is 1620. The van der Waals surface area contributed by atoms with E-state index in [4.69, 9.17) is 0 Å². The predicted molar refractivity (Wildman–Crippen MR) is 192 cm³/mol. The van der Waals surface area contributed by atoms with E-state index in [1.165, 1.54) is 59.4 Å². The van der Waals surface area contributed by atoms with Crippen molar-refractivity contribution in [1.29, 1.82) is 0 Å². The van der Waals surface area contributed by atoms with Gasteiger partial charge in [0.25, 0.3) is 0 Å². The molecule has 0 amide bonds. The van der Waals surface area contributed by atoms with Crippen molar-refractivity contribution in [2.45, 2.75) is 91.9 Å². The molecule has 246 valence electrons. The molecule has 0 spiro atoms. The molecule has 0 aromatic heterocycles. The quantitative estimate of drug-likeness (QED) is 0.166. The third-order valence-electron chi connectivity index (χ3n) is 8.36. The molecule has 0 atom stereocenters. The topological polar surface area (TPSA) is 0 Å². The van der Waals surface area contributed by atoms with Gasteiger partial charge in [0, 0.05) is 0 Å². The van der Waals surface area contributed by atoms with Gasteiger partial charge in [-0.05, 0) is 28.4 Å². The van der Waals surface area contributed by atoms with Crippen LogP contribution in [0.1, 0.15) is 107 Å². The fraction of sp³-hybridized carbons (Fsp3) is 0.318. The summed E-state index contributed by atoms with van der Waals surface area (Å²) >= 11 is 2.16. The molecule has 0 saturated heterocycles. The van der Waals surface area contributed by atoms with E-state index < -0.39 is 0 Å². The fourth-order valence-corrected chi connectivity index (χ4v) is 5.95. The van der Waals surface area contributed by atoms with Crippen molar-refractivity contribution >= 4 is 3.81 Å². The van der Waals surface area contributed by atoms with E-state index in [-0.39, 0.29) is 35.6 Å². The summed E-state index contributed by atoms with van der Waals surface area (Å²) in [6.45, 7) is 22.4. The second kappa shape index (κ2) is 16.7. The van der Waals surface area contributed by atoms with E-state index in [1.807, 2.05) is 12.1 Å². The molecule has 0 radical (unpaired) electrons. The van der Waals surface area contributed by atoms with Gasteiger partial charge >= 0.3 is 95.6 Å². The van der Waals surface area contributed by atoms with Crippen LogP contribution in [0.25, 0.3) is 11.1 Å². The van der Waals surface area contributed by atoms with Crippen LogP contribution in [0, 0.1) is 13.0 Å². The summed E-state index contributed by atoms with van der Waals surface area (Å²) in [6, 6.07) is 42.7. The SMILES string of the molecule is CC(C)(C)c1[c-]c2c(cc1)-c1ccc(C(C)(C)C)cc1C2.Cc1cc(C(C)(C)C)c[cH-]1.[Cl-].[Cl-].[Ti+2]=[C](c1ccccc1)c1ccccc1. The Balaban J connectivity index is 0.000000258. The predicted octanol–water partition coefficient (Wildman–Crippen LogP) is 5.47. The molecule has 0 saturated carbocycles. The summed E-state index contributed by atoms with van der Waals surface area (Å²) < 4.78 is 1.33. The minimum atomic E-state index is 0. The molecule has 0 aliphatic heterocycles. The van der Waals surface area contributed by atoms with Crippen molar-refractivity contribution in [2.75, 3.05) is 0 Å². The summed E-state index contributed by atoms with van der Waals surface area (Å²) in [5.74, 6) is 0. The standard InChI is InChI=1S/C21H25.C13H10.C10H15.2ClH.Ti/c1-20(2,3)16-7-9-18-14(12-16)11-15-13-17(21(4,5)6)8-10-19(15)18;1-3-7-12(8-4-1)11-13-9-5-2-6-10-13;1-8-5-6-9(7-8)10(2,3)4;;;/h7-10,12H,11H2,1-6H3;1-10H;5-7H,1-4H3;2*1H;/q-1;;-1;;;+2/p-2. The maximum atomic E-state index is 3.67. The van der Waals surface area contributed by atoms with Crippen molar-refractivity contribution in [1.82, 2.24) is 0 Å². The van der Waals surface area contributed by atoms with Gasteiger partial charge in [0.05, 0.1) is 0 Å². The zero-order valence-electron chi connectivity index (χ0n) is 29.9. The molecule has 0 nitrogen and oxygen atoms in total. The molecule has 3 heteroatoms. The number of hydrogen-bond acceptors (Lipinski definition) is 0. The first-order chi connectivity index (χ1) is 21.0. The van der Waals surface area contributed by atoms with Gasteiger partial charge < -0.3 is 24.8 Å². The molecule has 47 heavy (non-hydrogen) atoms. The number of aryl methyl sites for hydroxylation is 1. The molecule has 1 aliphatic rings. The van der Waals surface area contributed by atoms with Crippen LogP contribution in [-0.4, -0.2) is 3.81 Å². The monoisotopic (exact) mass is 696 g/mol. The van der Waals surface area contributed by atoms with E-state index >= 15 is 0 Å². The van der Waals surface area contributed by atoms with Gasteiger partial charge in [-0.15, -0.1) is 11.1 Å². The van der Waals surface area contributed by atoms with Crippen LogP contribution in [0.5, 0.6) is 0 Å². The van der Waals surface area contributed by atoms with Crippen LogP contribution in [0.2, 0.25) is 0 Å². The molecule has 0 heterocycles. The zero-order chi connectivity index (χ0) is 33.0. The molecule has 6 rings (SSSR count). The third kappa shape index (κ3) is 11.0. The molecule has 0 bridgehead atoms. The summed E-state index contributed by atoms with van der Waals surface area (Å²) in [4.78, 5) is 0. The molecular formula is C44H50Cl2Ti-2. The van der Waals surface area contributed by atoms with Gasteiger partial charge in [-0.25, -0.2) is 6.07 Å². The summed E-state index contributed by atoms with van der Waals surface area (Å²) in [6.07, 6.45) is 1.03. The van der Waals surface area contributed by atoms with Crippen LogP contribution in [0.4, 0.5) is 0 Å². The Morgan fingerprint density at radius 1 is 0.617 bits per heavy atom. The average molecular weight is 698 g/mol. The first-order valence-corrected chi connectivity index (χ1v) is 16.9. The molecule has 0 fully saturated rings. The van der Waals surface area contributed by atoms with Crippen molar-refractivity contribution < 1.29 is 44.8 Å². The van der Waals surface area contributed by atoms with Gasteiger partial charge in [0.2, 0.25) is 0 Å². The summed E-state index contributed by atoms with van der Waals surface area (Å²) in [7, 11) is 0. The van der Waals surface area contributed by atoms with Crippen molar-refractivity contribution in [2.24, 2.45) is 0 Å². The Labute approximate surface area is 309 Å². The van der Waals surface area contributed by atoms with E-state index in [2.05, 4.69) is 192 Å². The number of rotatable bonds is 2. The maximum absolute atomic E-state index is 3.67. The van der Waals surface area contributed by atoms with Gasteiger partial charge in [-0.2, -0.15) is 47.0 Å². The minimum absolute atomic E-state index is 0. The Morgan fingerprint density at radius 3 is 1.55 bits per heavy atom. The van der Waals surface area contributed by atoms with E-state index in [0.29, 0.717) is 5.41 Å². The van der Waals surface area contributed by atoms with Crippen molar-refractivity contribution in [3.63, 3.8) is 0 Å². The summed E-state index contributed by atoms with van der Waals surface area (Å²) in [5, 5.41) is 0. The zero-order valence-corrected chi connectivity index (χ0v) is 32.9. The first-order valence-electron chi connectivity index (χ1n) is 16.2.